The molecule has 0 saturated carbocycles. The van der Waals surface area contributed by atoms with Crippen molar-refractivity contribution in [3.8, 4) is 11.1 Å². The summed E-state index contributed by atoms with van der Waals surface area (Å²) in [5.41, 5.74) is 3.53. The molecule has 0 unspecified atom stereocenters. The number of ketones is 1. The number of carbonyl (C=O) groups excluding carboxylic acids is 2. The molecule has 3 nitrogen and oxygen atoms in total. The number of esters is 1. The predicted molar refractivity (Wildman–Crippen MR) is 88.5 cm³/mol. The first-order valence-corrected chi connectivity index (χ1v) is 7.56. The Labute approximate surface area is 136 Å². The Morgan fingerprint density at radius 2 is 1.77 bits per heavy atom. The fourth-order valence-electron chi connectivity index (χ4n) is 2.59. The van der Waals surface area contributed by atoms with E-state index in [0.29, 0.717) is 5.56 Å². The molecule has 0 heterocycles. The summed E-state index contributed by atoms with van der Waals surface area (Å²) >= 11 is 3.29. The van der Waals surface area contributed by atoms with E-state index in [2.05, 4.69) is 15.9 Å². The molecule has 0 fully saturated rings. The Balaban J connectivity index is 2.14. The molecule has 1 aliphatic rings. The number of fused-ring (bicyclic) bond motifs is 1. The zero-order chi connectivity index (χ0) is 15.7. The van der Waals surface area contributed by atoms with Gasteiger partial charge < -0.3 is 4.74 Å². The van der Waals surface area contributed by atoms with E-state index in [1.807, 2.05) is 42.5 Å². The van der Waals surface area contributed by atoms with E-state index in [9.17, 15) is 9.59 Å². The fraction of sp³-hybridized carbons (Fsp3) is 0.111. The van der Waals surface area contributed by atoms with Crippen molar-refractivity contribution < 1.29 is 14.3 Å². The molecule has 0 spiro atoms. The lowest BCUT2D eigenvalue weighted by Gasteiger charge is -2.27. The Morgan fingerprint density at radius 3 is 2.45 bits per heavy atom. The highest BCUT2D eigenvalue weighted by Crippen LogP contribution is 2.41. The van der Waals surface area contributed by atoms with Crippen molar-refractivity contribution in [2.45, 2.75) is 4.32 Å². The van der Waals surface area contributed by atoms with Gasteiger partial charge in [0.05, 0.1) is 7.11 Å². The van der Waals surface area contributed by atoms with Gasteiger partial charge in [-0.25, -0.2) is 4.79 Å². The number of halogens is 1. The lowest BCUT2D eigenvalue weighted by Crippen LogP contribution is -2.40. The molecule has 0 bridgehead atoms. The quantitative estimate of drug-likeness (QED) is 0.468. The largest absolute Gasteiger partial charge is 0.467 e. The van der Waals surface area contributed by atoms with Crippen LogP contribution in [0.3, 0.4) is 0 Å². The van der Waals surface area contributed by atoms with E-state index in [-0.39, 0.29) is 5.78 Å². The Bertz CT molecular complexity index is 780. The van der Waals surface area contributed by atoms with Crippen LogP contribution in [0.1, 0.15) is 11.1 Å². The number of ether oxygens (including phenoxy) is 1. The average molecular weight is 357 g/mol. The minimum Gasteiger partial charge on any atom is -0.467 e. The van der Waals surface area contributed by atoms with Gasteiger partial charge in [-0.1, -0.05) is 64.5 Å². The molecular formula is C18H13BrO3. The Morgan fingerprint density at radius 1 is 1.05 bits per heavy atom. The second-order valence-electron chi connectivity index (χ2n) is 5.02. The molecule has 2 aromatic carbocycles. The number of methoxy groups -OCH3 is 1. The molecule has 110 valence electrons. The molecule has 4 heteroatoms. The standard InChI is InChI=1S/C18H13BrO3/c1-22-17(21)18(19)15-9-7-13(12-5-3-2-4-6-12)11-14(15)8-10-16(18)20/h2-11H,1H3/t18-/m1/s1. The minimum atomic E-state index is -1.46. The van der Waals surface area contributed by atoms with Crippen LogP contribution < -0.4 is 0 Å². The number of allylic oxidation sites excluding steroid dienone is 1. The van der Waals surface area contributed by atoms with Gasteiger partial charge in [0.15, 0.2) is 5.78 Å². The summed E-state index contributed by atoms with van der Waals surface area (Å²) in [5, 5.41) is 0. The topological polar surface area (TPSA) is 43.4 Å². The molecule has 1 aliphatic carbocycles. The summed E-state index contributed by atoms with van der Waals surface area (Å²) in [6.45, 7) is 0. The maximum atomic E-state index is 12.2. The van der Waals surface area contributed by atoms with Gasteiger partial charge in [-0.3, -0.25) is 4.79 Å². The molecule has 3 rings (SSSR count). The Hall–Kier alpha value is -2.20. The highest BCUT2D eigenvalue weighted by atomic mass is 79.9. The van der Waals surface area contributed by atoms with Crippen LogP contribution in [0.4, 0.5) is 0 Å². The molecule has 0 radical (unpaired) electrons. The van der Waals surface area contributed by atoms with Gasteiger partial charge in [0.1, 0.15) is 0 Å². The molecule has 2 aromatic rings. The average Bonchev–Trinajstić information content (AvgIpc) is 2.58. The van der Waals surface area contributed by atoms with Gasteiger partial charge >= 0.3 is 5.97 Å². The number of rotatable bonds is 2. The number of alkyl halides is 1. The predicted octanol–water partition coefficient (Wildman–Crippen LogP) is 3.71. The summed E-state index contributed by atoms with van der Waals surface area (Å²) in [4.78, 5) is 24.3. The van der Waals surface area contributed by atoms with Gasteiger partial charge in [-0.05, 0) is 34.4 Å². The number of hydrogen-bond acceptors (Lipinski definition) is 3. The third kappa shape index (κ3) is 2.20. The van der Waals surface area contributed by atoms with Gasteiger partial charge in [0, 0.05) is 0 Å². The second-order valence-corrected chi connectivity index (χ2v) is 6.21. The van der Waals surface area contributed by atoms with Gasteiger partial charge in [0.25, 0.3) is 0 Å². The van der Waals surface area contributed by atoms with E-state index >= 15 is 0 Å². The van der Waals surface area contributed by atoms with Crippen LogP contribution in [0, 0.1) is 0 Å². The van der Waals surface area contributed by atoms with Crippen LogP contribution in [-0.2, 0) is 18.7 Å². The number of hydrogen-bond donors (Lipinski definition) is 0. The summed E-state index contributed by atoms with van der Waals surface area (Å²) in [6, 6.07) is 15.6. The fourth-order valence-corrected chi connectivity index (χ4v) is 3.24. The molecule has 0 N–H and O–H groups in total. The van der Waals surface area contributed by atoms with Crippen LogP contribution in [-0.4, -0.2) is 18.9 Å². The molecular weight excluding hydrogens is 344 g/mol. The Kier molecular flexibility index (Phi) is 3.71. The van der Waals surface area contributed by atoms with E-state index < -0.39 is 10.3 Å². The zero-order valence-corrected chi connectivity index (χ0v) is 13.5. The van der Waals surface area contributed by atoms with Crippen LogP contribution >= 0.6 is 15.9 Å². The second kappa shape index (κ2) is 5.54. The smallest absolute Gasteiger partial charge is 0.335 e. The molecule has 0 amide bonds. The third-order valence-corrected chi connectivity index (χ3v) is 4.89. The molecule has 0 saturated heterocycles. The SMILES string of the molecule is COC(=O)[C@]1(Br)C(=O)C=Cc2cc(-c3ccccc3)ccc21. The maximum Gasteiger partial charge on any atom is 0.335 e. The van der Waals surface area contributed by atoms with Crippen molar-refractivity contribution in [3.05, 3.63) is 65.7 Å². The number of benzene rings is 2. The molecule has 0 aromatic heterocycles. The molecule has 1 atom stereocenters. The van der Waals surface area contributed by atoms with Crippen molar-refractivity contribution in [1.82, 2.24) is 0 Å². The summed E-state index contributed by atoms with van der Waals surface area (Å²) in [5.74, 6) is -0.949. The van der Waals surface area contributed by atoms with Crippen molar-refractivity contribution in [1.29, 1.82) is 0 Å². The third-order valence-electron chi connectivity index (χ3n) is 3.75. The zero-order valence-electron chi connectivity index (χ0n) is 11.9. The normalized spacial score (nSPS) is 19.6. The minimum absolute atomic E-state index is 0.334. The van der Waals surface area contributed by atoms with E-state index in [4.69, 9.17) is 4.74 Å². The summed E-state index contributed by atoms with van der Waals surface area (Å²) in [7, 11) is 1.27. The van der Waals surface area contributed by atoms with E-state index in [0.717, 1.165) is 16.7 Å². The van der Waals surface area contributed by atoms with Crippen LogP contribution in [0.15, 0.2) is 54.6 Å². The van der Waals surface area contributed by atoms with Crippen molar-refractivity contribution in [2.24, 2.45) is 0 Å². The summed E-state index contributed by atoms with van der Waals surface area (Å²) < 4.78 is 3.34. The van der Waals surface area contributed by atoms with Gasteiger partial charge in [0.2, 0.25) is 4.32 Å². The number of carbonyl (C=O) groups is 2. The first kappa shape index (κ1) is 14.7. The van der Waals surface area contributed by atoms with E-state index in [1.165, 1.54) is 13.2 Å². The monoisotopic (exact) mass is 356 g/mol. The van der Waals surface area contributed by atoms with Crippen LogP contribution in [0.25, 0.3) is 17.2 Å². The molecule has 22 heavy (non-hydrogen) atoms. The lowest BCUT2D eigenvalue weighted by atomic mass is 9.84. The highest BCUT2D eigenvalue weighted by Gasteiger charge is 2.47. The van der Waals surface area contributed by atoms with Gasteiger partial charge in [-0.2, -0.15) is 0 Å². The van der Waals surface area contributed by atoms with Gasteiger partial charge in [-0.15, -0.1) is 0 Å². The lowest BCUT2D eigenvalue weighted by molar-refractivity contribution is -0.146. The molecule has 0 aliphatic heterocycles. The van der Waals surface area contributed by atoms with Crippen LogP contribution in [0.2, 0.25) is 0 Å². The maximum absolute atomic E-state index is 12.2. The van der Waals surface area contributed by atoms with E-state index in [1.54, 1.807) is 12.1 Å². The first-order chi connectivity index (χ1) is 10.6. The van der Waals surface area contributed by atoms with Crippen molar-refractivity contribution >= 4 is 33.8 Å². The first-order valence-electron chi connectivity index (χ1n) is 6.77. The highest BCUT2D eigenvalue weighted by molar-refractivity contribution is 9.10. The van der Waals surface area contributed by atoms with Crippen LogP contribution in [0.5, 0.6) is 0 Å². The van der Waals surface area contributed by atoms with Crippen molar-refractivity contribution in [3.63, 3.8) is 0 Å². The van der Waals surface area contributed by atoms with Crippen molar-refractivity contribution in [2.75, 3.05) is 7.11 Å². The summed E-state index contributed by atoms with van der Waals surface area (Å²) in [6.07, 6.45) is 3.13.